The van der Waals surface area contributed by atoms with Gasteiger partial charge in [-0.3, -0.25) is 9.59 Å². The zero-order chi connectivity index (χ0) is 26.8. The summed E-state index contributed by atoms with van der Waals surface area (Å²) in [6.45, 7) is 0.110. The summed E-state index contributed by atoms with van der Waals surface area (Å²) in [5.74, 6) is -0.0286. The SMILES string of the molecule is COc1cccc(C2/C(=C(/O)c3cccc4ccccc34)C(=O)C(=O)N2Cc2ccc(OC)c(OC)c2)c1. The third-order valence-corrected chi connectivity index (χ3v) is 6.80. The fourth-order valence-electron chi connectivity index (χ4n) is 4.95. The lowest BCUT2D eigenvalue weighted by Gasteiger charge is -2.26. The lowest BCUT2D eigenvalue weighted by atomic mass is 9.93. The molecule has 4 aromatic carbocycles. The molecule has 0 saturated carbocycles. The van der Waals surface area contributed by atoms with Crippen molar-refractivity contribution >= 4 is 28.2 Å². The number of ketones is 1. The molecule has 1 atom stereocenters. The number of hydrogen-bond acceptors (Lipinski definition) is 6. The van der Waals surface area contributed by atoms with E-state index in [1.165, 1.54) is 12.0 Å². The third kappa shape index (κ3) is 4.32. The quantitative estimate of drug-likeness (QED) is 0.202. The van der Waals surface area contributed by atoms with Crippen LogP contribution in [-0.4, -0.2) is 43.0 Å². The van der Waals surface area contributed by atoms with Crippen LogP contribution in [0.25, 0.3) is 16.5 Å². The molecule has 0 spiro atoms. The highest BCUT2D eigenvalue weighted by Crippen LogP contribution is 2.42. The van der Waals surface area contributed by atoms with Gasteiger partial charge in [0, 0.05) is 12.1 Å². The summed E-state index contributed by atoms with van der Waals surface area (Å²) in [5.41, 5.74) is 1.90. The molecule has 1 N–H and O–H groups in total. The lowest BCUT2D eigenvalue weighted by molar-refractivity contribution is -0.140. The maximum atomic E-state index is 13.5. The number of amides is 1. The number of fused-ring (bicyclic) bond motifs is 1. The van der Waals surface area contributed by atoms with Crippen molar-refractivity contribution in [1.82, 2.24) is 4.90 Å². The van der Waals surface area contributed by atoms with Crippen molar-refractivity contribution < 1.29 is 28.9 Å². The van der Waals surface area contributed by atoms with Crippen molar-refractivity contribution in [3.8, 4) is 17.2 Å². The maximum Gasteiger partial charge on any atom is 0.295 e. The Balaban J connectivity index is 1.68. The minimum Gasteiger partial charge on any atom is -0.507 e. The Morgan fingerprint density at radius 2 is 1.55 bits per heavy atom. The first-order valence-corrected chi connectivity index (χ1v) is 12.1. The topological polar surface area (TPSA) is 85.3 Å². The van der Waals surface area contributed by atoms with E-state index in [0.29, 0.717) is 28.4 Å². The minimum absolute atomic E-state index is 0.0279. The summed E-state index contributed by atoms with van der Waals surface area (Å²) in [6.07, 6.45) is 0. The fraction of sp³-hybridized carbons (Fsp3) is 0.161. The fourth-order valence-corrected chi connectivity index (χ4v) is 4.95. The molecule has 7 nitrogen and oxygen atoms in total. The maximum absolute atomic E-state index is 13.5. The molecule has 4 aromatic rings. The number of Topliss-reactive ketones (excluding diaryl/α,β-unsaturated/α-hetero) is 1. The normalized spacial score (nSPS) is 16.6. The molecule has 0 bridgehead atoms. The molecule has 1 fully saturated rings. The van der Waals surface area contributed by atoms with E-state index in [1.807, 2.05) is 48.5 Å². The lowest BCUT2D eigenvalue weighted by Crippen LogP contribution is -2.29. The van der Waals surface area contributed by atoms with Gasteiger partial charge in [-0.05, 0) is 46.2 Å². The Morgan fingerprint density at radius 1 is 0.816 bits per heavy atom. The van der Waals surface area contributed by atoms with Gasteiger partial charge >= 0.3 is 0 Å². The van der Waals surface area contributed by atoms with Gasteiger partial charge in [-0.2, -0.15) is 0 Å². The number of methoxy groups -OCH3 is 3. The van der Waals surface area contributed by atoms with Gasteiger partial charge in [0.05, 0.1) is 32.9 Å². The van der Waals surface area contributed by atoms with E-state index < -0.39 is 17.7 Å². The molecule has 0 radical (unpaired) electrons. The first-order chi connectivity index (χ1) is 18.5. The molecular formula is C31H27NO6. The number of nitrogens with zero attached hydrogens (tertiary/aromatic N) is 1. The summed E-state index contributed by atoms with van der Waals surface area (Å²) in [6, 6.07) is 24.8. The van der Waals surface area contributed by atoms with Gasteiger partial charge in [0.1, 0.15) is 11.5 Å². The van der Waals surface area contributed by atoms with Crippen molar-refractivity contribution in [1.29, 1.82) is 0 Å². The van der Waals surface area contributed by atoms with E-state index in [2.05, 4.69) is 0 Å². The van der Waals surface area contributed by atoms with Gasteiger partial charge in [-0.1, -0.05) is 60.7 Å². The Labute approximate surface area is 220 Å². The largest absolute Gasteiger partial charge is 0.507 e. The van der Waals surface area contributed by atoms with Crippen LogP contribution >= 0.6 is 0 Å². The zero-order valence-electron chi connectivity index (χ0n) is 21.3. The standard InChI is InChI=1S/C31H27NO6/c1-36-22-11-6-10-21(17-22)28-27(29(33)24-13-7-9-20-8-4-5-12-23(20)24)30(34)31(35)32(28)18-19-14-15-25(37-2)26(16-19)38-3/h4-17,28,33H,18H2,1-3H3/b29-27-. The number of carbonyl (C=O) groups excluding carboxylic acids is 2. The number of hydrogen-bond donors (Lipinski definition) is 1. The Hall–Kier alpha value is -4.78. The summed E-state index contributed by atoms with van der Waals surface area (Å²) in [7, 11) is 4.64. The third-order valence-electron chi connectivity index (χ3n) is 6.80. The van der Waals surface area contributed by atoms with Crippen molar-refractivity contribution in [3.63, 3.8) is 0 Å². The molecule has 5 rings (SSSR count). The number of rotatable bonds is 7. The Bertz CT molecular complexity index is 1570. The molecule has 0 aromatic heterocycles. The van der Waals surface area contributed by atoms with Crippen LogP contribution in [0.15, 0.2) is 90.5 Å². The molecule has 0 aliphatic carbocycles. The molecule has 7 heteroatoms. The van der Waals surface area contributed by atoms with E-state index in [0.717, 1.165) is 16.3 Å². The second-order valence-corrected chi connectivity index (χ2v) is 8.92. The van der Waals surface area contributed by atoms with Crippen molar-refractivity contribution in [3.05, 3.63) is 107 Å². The van der Waals surface area contributed by atoms with Crippen LogP contribution in [0.4, 0.5) is 0 Å². The highest BCUT2D eigenvalue weighted by Gasteiger charge is 2.46. The number of ether oxygens (including phenoxy) is 3. The van der Waals surface area contributed by atoms with E-state index in [-0.39, 0.29) is 17.9 Å². The first-order valence-electron chi connectivity index (χ1n) is 12.1. The Morgan fingerprint density at radius 3 is 2.32 bits per heavy atom. The van der Waals surface area contributed by atoms with E-state index >= 15 is 0 Å². The number of carbonyl (C=O) groups is 2. The summed E-state index contributed by atoms with van der Waals surface area (Å²) >= 11 is 0. The number of aliphatic hydroxyl groups is 1. The highest BCUT2D eigenvalue weighted by molar-refractivity contribution is 6.46. The molecular weight excluding hydrogens is 482 g/mol. The monoisotopic (exact) mass is 509 g/mol. The van der Waals surface area contributed by atoms with Crippen LogP contribution in [0.1, 0.15) is 22.7 Å². The number of aliphatic hydroxyl groups excluding tert-OH is 1. The molecule has 1 aliphatic heterocycles. The summed E-state index contributed by atoms with van der Waals surface area (Å²) in [4.78, 5) is 28.5. The highest BCUT2D eigenvalue weighted by atomic mass is 16.5. The number of benzene rings is 4. The molecule has 1 unspecified atom stereocenters. The van der Waals surface area contributed by atoms with Gasteiger partial charge < -0.3 is 24.2 Å². The first kappa shape index (κ1) is 24.9. The van der Waals surface area contributed by atoms with Crippen molar-refractivity contribution in [2.24, 2.45) is 0 Å². The molecule has 1 saturated heterocycles. The van der Waals surface area contributed by atoms with Gasteiger partial charge in [-0.15, -0.1) is 0 Å². The van der Waals surface area contributed by atoms with Gasteiger partial charge in [0.25, 0.3) is 11.7 Å². The predicted molar refractivity (Wildman–Crippen MR) is 144 cm³/mol. The second kappa shape index (κ2) is 10.3. The van der Waals surface area contributed by atoms with E-state index in [9.17, 15) is 14.7 Å². The number of likely N-dealkylation sites (tertiary alicyclic amines) is 1. The van der Waals surface area contributed by atoms with E-state index in [4.69, 9.17) is 14.2 Å². The Kier molecular flexibility index (Phi) is 6.75. The van der Waals surface area contributed by atoms with Gasteiger partial charge in [0.2, 0.25) is 0 Å². The van der Waals surface area contributed by atoms with Crippen LogP contribution in [0.2, 0.25) is 0 Å². The van der Waals surface area contributed by atoms with E-state index in [1.54, 1.807) is 50.6 Å². The molecule has 1 amide bonds. The molecule has 192 valence electrons. The average molecular weight is 510 g/mol. The molecule has 38 heavy (non-hydrogen) atoms. The van der Waals surface area contributed by atoms with Crippen LogP contribution in [-0.2, 0) is 16.1 Å². The van der Waals surface area contributed by atoms with Crippen molar-refractivity contribution in [2.45, 2.75) is 12.6 Å². The van der Waals surface area contributed by atoms with Gasteiger partial charge in [0.15, 0.2) is 11.5 Å². The minimum atomic E-state index is -0.836. The summed E-state index contributed by atoms with van der Waals surface area (Å²) < 4.78 is 16.2. The summed E-state index contributed by atoms with van der Waals surface area (Å²) in [5, 5.41) is 13.3. The predicted octanol–water partition coefficient (Wildman–Crippen LogP) is 5.49. The molecule has 1 heterocycles. The van der Waals surface area contributed by atoms with Crippen LogP contribution < -0.4 is 14.2 Å². The average Bonchev–Trinajstić information content (AvgIpc) is 3.21. The van der Waals surface area contributed by atoms with Crippen LogP contribution in [0, 0.1) is 0 Å². The molecule has 1 aliphatic rings. The van der Waals surface area contributed by atoms with Crippen molar-refractivity contribution in [2.75, 3.05) is 21.3 Å². The zero-order valence-corrected chi connectivity index (χ0v) is 21.3. The van der Waals surface area contributed by atoms with Crippen LogP contribution in [0.3, 0.4) is 0 Å². The second-order valence-electron chi connectivity index (χ2n) is 8.92. The van der Waals surface area contributed by atoms with Crippen LogP contribution in [0.5, 0.6) is 17.2 Å². The smallest absolute Gasteiger partial charge is 0.295 e. The van der Waals surface area contributed by atoms with Gasteiger partial charge in [-0.25, -0.2) is 0 Å².